The molecule has 18 heavy (non-hydrogen) atoms. The van der Waals surface area contributed by atoms with Gasteiger partial charge in [0.2, 0.25) is 0 Å². The van der Waals surface area contributed by atoms with Gasteiger partial charge in [-0.3, -0.25) is 4.90 Å². The van der Waals surface area contributed by atoms with Gasteiger partial charge in [-0.05, 0) is 56.8 Å². The zero-order valence-corrected chi connectivity index (χ0v) is 11.8. The molecule has 2 heterocycles. The summed E-state index contributed by atoms with van der Waals surface area (Å²) in [6, 6.07) is 5.00. The van der Waals surface area contributed by atoms with Crippen LogP contribution in [-0.4, -0.2) is 29.0 Å². The minimum Gasteiger partial charge on any atom is -0.370 e. The summed E-state index contributed by atoms with van der Waals surface area (Å²) in [6.07, 6.45) is 4.56. The molecule has 0 bridgehead atoms. The maximum absolute atomic E-state index is 4.32. The molecule has 100 valence electrons. The molecule has 3 heteroatoms. The first kappa shape index (κ1) is 13.3. The van der Waals surface area contributed by atoms with Gasteiger partial charge in [0.1, 0.15) is 5.82 Å². The molecular formula is C15H25N3. The Hall–Kier alpha value is -1.09. The number of anilines is 1. The van der Waals surface area contributed by atoms with Crippen molar-refractivity contribution in [1.29, 1.82) is 0 Å². The molecule has 0 amide bonds. The minimum atomic E-state index is 0.699. The average molecular weight is 247 g/mol. The molecule has 3 nitrogen and oxygen atoms in total. The van der Waals surface area contributed by atoms with Crippen molar-refractivity contribution in [2.45, 2.75) is 46.2 Å². The van der Waals surface area contributed by atoms with E-state index in [2.05, 4.69) is 48.1 Å². The molecular weight excluding hydrogens is 222 g/mol. The zero-order valence-electron chi connectivity index (χ0n) is 11.8. The van der Waals surface area contributed by atoms with Gasteiger partial charge >= 0.3 is 0 Å². The van der Waals surface area contributed by atoms with Gasteiger partial charge in [-0.2, -0.15) is 0 Å². The molecule has 0 radical (unpaired) electrons. The second kappa shape index (κ2) is 6.19. The summed E-state index contributed by atoms with van der Waals surface area (Å²) in [6.45, 7) is 10.0. The van der Waals surface area contributed by atoms with Gasteiger partial charge in [0.25, 0.3) is 0 Å². The summed E-state index contributed by atoms with van der Waals surface area (Å²) < 4.78 is 0. The van der Waals surface area contributed by atoms with E-state index >= 15 is 0 Å². The Bertz CT molecular complexity index is 378. The van der Waals surface area contributed by atoms with Crippen molar-refractivity contribution in [1.82, 2.24) is 9.88 Å². The summed E-state index contributed by atoms with van der Waals surface area (Å²) in [4.78, 5) is 6.91. The molecule has 1 N–H and O–H groups in total. The second-order valence-corrected chi connectivity index (χ2v) is 5.53. The molecule has 1 aromatic rings. The molecule has 1 aromatic heterocycles. The zero-order chi connectivity index (χ0) is 13.0. The fourth-order valence-electron chi connectivity index (χ4n) is 2.78. The Kier molecular flexibility index (Phi) is 4.59. The van der Waals surface area contributed by atoms with Crippen LogP contribution in [0.25, 0.3) is 0 Å². The van der Waals surface area contributed by atoms with Crippen LogP contribution in [0.2, 0.25) is 0 Å². The average Bonchev–Trinajstić information content (AvgIpc) is 2.34. The maximum atomic E-state index is 4.32. The topological polar surface area (TPSA) is 28.2 Å². The number of piperidine rings is 1. The highest BCUT2D eigenvalue weighted by atomic mass is 15.2. The monoisotopic (exact) mass is 247 g/mol. The third-order valence-electron chi connectivity index (χ3n) is 3.84. The Morgan fingerprint density at radius 1 is 1.44 bits per heavy atom. The lowest BCUT2D eigenvalue weighted by atomic mass is 9.93. The van der Waals surface area contributed by atoms with Gasteiger partial charge < -0.3 is 5.32 Å². The summed E-state index contributed by atoms with van der Waals surface area (Å²) in [7, 11) is 0. The number of nitrogens with zero attached hydrogens (tertiary/aromatic N) is 2. The lowest BCUT2D eigenvalue weighted by molar-refractivity contribution is 0.122. The van der Waals surface area contributed by atoms with Crippen LogP contribution < -0.4 is 5.32 Å². The summed E-state index contributed by atoms with van der Waals surface area (Å²) in [5.41, 5.74) is 1.36. The largest absolute Gasteiger partial charge is 0.370 e. The predicted molar refractivity (Wildman–Crippen MR) is 76.7 cm³/mol. The Morgan fingerprint density at radius 3 is 3.00 bits per heavy atom. The number of pyridine rings is 1. The van der Waals surface area contributed by atoms with Crippen molar-refractivity contribution < 1.29 is 0 Å². The molecule has 2 rings (SSSR count). The quantitative estimate of drug-likeness (QED) is 0.886. The Labute approximate surface area is 111 Å². The second-order valence-electron chi connectivity index (χ2n) is 5.53. The molecule has 0 spiro atoms. The summed E-state index contributed by atoms with van der Waals surface area (Å²) in [5.74, 6) is 1.87. The standard InChI is InChI=1S/C15H25N3/c1-4-16-15-10-14(5-7-17-15)11-18-8-6-12(2)9-13(18)3/h5,7,10,12-13H,4,6,8-9,11H2,1-3H3,(H,16,17). The van der Waals surface area contributed by atoms with E-state index in [0.29, 0.717) is 6.04 Å². The van der Waals surface area contributed by atoms with Crippen LogP contribution in [0.4, 0.5) is 5.82 Å². The first-order chi connectivity index (χ1) is 8.69. The molecule has 1 aliphatic rings. The van der Waals surface area contributed by atoms with Gasteiger partial charge in [-0.25, -0.2) is 4.98 Å². The molecule has 2 atom stereocenters. The third-order valence-corrected chi connectivity index (χ3v) is 3.84. The van der Waals surface area contributed by atoms with Gasteiger partial charge in [0, 0.05) is 25.3 Å². The minimum absolute atomic E-state index is 0.699. The highest BCUT2D eigenvalue weighted by Crippen LogP contribution is 2.24. The van der Waals surface area contributed by atoms with Gasteiger partial charge in [0.05, 0.1) is 0 Å². The van der Waals surface area contributed by atoms with E-state index in [1.165, 1.54) is 24.9 Å². The van der Waals surface area contributed by atoms with Gasteiger partial charge in [0.15, 0.2) is 0 Å². The van der Waals surface area contributed by atoms with Crippen LogP contribution in [0.5, 0.6) is 0 Å². The van der Waals surface area contributed by atoms with Crippen LogP contribution in [-0.2, 0) is 6.54 Å². The van der Waals surface area contributed by atoms with Crippen LogP contribution in [0.3, 0.4) is 0 Å². The highest BCUT2D eigenvalue weighted by Gasteiger charge is 2.22. The van der Waals surface area contributed by atoms with Crippen LogP contribution >= 0.6 is 0 Å². The van der Waals surface area contributed by atoms with E-state index in [9.17, 15) is 0 Å². The lowest BCUT2D eigenvalue weighted by Crippen LogP contribution is -2.39. The molecule has 2 unspecified atom stereocenters. The third kappa shape index (κ3) is 3.45. The van der Waals surface area contributed by atoms with Crippen molar-refractivity contribution in [3.63, 3.8) is 0 Å². The van der Waals surface area contributed by atoms with E-state index in [-0.39, 0.29) is 0 Å². The fraction of sp³-hybridized carbons (Fsp3) is 0.667. The highest BCUT2D eigenvalue weighted by molar-refractivity contribution is 5.37. The van der Waals surface area contributed by atoms with E-state index in [1.807, 2.05) is 6.20 Å². The smallest absolute Gasteiger partial charge is 0.126 e. The number of rotatable bonds is 4. The summed E-state index contributed by atoms with van der Waals surface area (Å²) in [5, 5.41) is 3.27. The molecule has 1 saturated heterocycles. The number of nitrogens with one attached hydrogen (secondary N) is 1. The fourth-order valence-corrected chi connectivity index (χ4v) is 2.78. The van der Waals surface area contributed by atoms with Crippen LogP contribution in [0.1, 0.15) is 39.2 Å². The molecule has 0 aliphatic carbocycles. The van der Waals surface area contributed by atoms with Crippen LogP contribution in [0.15, 0.2) is 18.3 Å². The molecule has 0 saturated carbocycles. The Morgan fingerprint density at radius 2 is 2.28 bits per heavy atom. The molecule has 1 fully saturated rings. The molecule has 0 aromatic carbocycles. The molecule has 1 aliphatic heterocycles. The number of likely N-dealkylation sites (tertiary alicyclic amines) is 1. The van der Waals surface area contributed by atoms with Crippen molar-refractivity contribution in [3.8, 4) is 0 Å². The van der Waals surface area contributed by atoms with E-state index in [4.69, 9.17) is 0 Å². The van der Waals surface area contributed by atoms with E-state index in [0.717, 1.165) is 24.8 Å². The van der Waals surface area contributed by atoms with E-state index in [1.54, 1.807) is 0 Å². The van der Waals surface area contributed by atoms with Crippen LogP contribution in [0, 0.1) is 5.92 Å². The normalized spacial score (nSPS) is 25.1. The van der Waals surface area contributed by atoms with Crippen molar-refractivity contribution in [2.24, 2.45) is 5.92 Å². The van der Waals surface area contributed by atoms with Crippen molar-refractivity contribution in [3.05, 3.63) is 23.9 Å². The van der Waals surface area contributed by atoms with Gasteiger partial charge in [-0.15, -0.1) is 0 Å². The maximum Gasteiger partial charge on any atom is 0.126 e. The number of hydrogen-bond donors (Lipinski definition) is 1. The number of aromatic nitrogens is 1. The SMILES string of the molecule is CCNc1cc(CN2CCC(C)CC2C)ccn1. The van der Waals surface area contributed by atoms with E-state index < -0.39 is 0 Å². The van der Waals surface area contributed by atoms with Gasteiger partial charge in [-0.1, -0.05) is 6.92 Å². The number of hydrogen-bond acceptors (Lipinski definition) is 3. The first-order valence-corrected chi connectivity index (χ1v) is 7.12. The van der Waals surface area contributed by atoms with Crippen molar-refractivity contribution >= 4 is 5.82 Å². The predicted octanol–water partition coefficient (Wildman–Crippen LogP) is 3.13. The first-order valence-electron chi connectivity index (χ1n) is 7.12. The Balaban J connectivity index is 1.98. The summed E-state index contributed by atoms with van der Waals surface area (Å²) >= 11 is 0. The lowest BCUT2D eigenvalue weighted by Gasteiger charge is -2.36. The van der Waals surface area contributed by atoms with Crippen molar-refractivity contribution in [2.75, 3.05) is 18.4 Å².